The van der Waals surface area contributed by atoms with E-state index in [-0.39, 0.29) is 23.0 Å². The Morgan fingerprint density at radius 1 is 1.20 bits per heavy atom. The molecular formula is C11H14BrClO5S2. The van der Waals surface area contributed by atoms with Crippen LogP contribution < -0.4 is 4.74 Å². The maximum absolute atomic E-state index is 11.5. The summed E-state index contributed by atoms with van der Waals surface area (Å²) < 4.78 is 51.0. The van der Waals surface area contributed by atoms with Crippen molar-refractivity contribution in [3.63, 3.8) is 0 Å². The van der Waals surface area contributed by atoms with Crippen LogP contribution in [0.4, 0.5) is 0 Å². The Bertz CT molecular complexity index is 670. The van der Waals surface area contributed by atoms with Crippen molar-refractivity contribution >= 4 is 45.5 Å². The van der Waals surface area contributed by atoms with Crippen molar-refractivity contribution in [1.82, 2.24) is 0 Å². The Hall–Kier alpha value is -0.310. The van der Waals surface area contributed by atoms with Crippen LogP contribution in [0.5, 0.6) is 5.75 Å². The molecule has 0 bridgehead atoms. The summed E-state index contributed by atoms with van der Waals surface area (Å²) in [6.45, 7) is 1.80. The fraction of sp³-hybridized carbons (Fsp3) is 0.455. The first-order valence-electron chi connectivity index (χ1n) is 5.73. The molecule has 114 valence electrons. The molecule has 0 atom stereocenters. The maximum Gasteiger partial charge on any atom is 0.261 e. The monoisotopic (exact) mass is 404 g/mol. The van der Waals surface area contributed by atoms with Crippen molar-refractivity contribution in [2.24, 2.45) is 0 Å². The highest BCUT2D eigenvalue weighted by Crippen LogP contribution is 2.29. The van der Waals surface area contributed by atoms with Crippen LogP contribution in [0.25, 0.3) is 0 Å². The van der Waals surface area contributed by atoms with Gasteiger partial charge in [-0.15, -0.1) is 0 Å². The standard InChI is InChI=1S/C11H14BrClO5S2/c1-2-6-19(14,15)7-5-18-11-4-3-9(8-10(11)12)20(13,16)17/h3-4,8H,2,5-7H2,1H3. The average Bonchev–Trinajstić information content (AvgIpc) is 2.29. The van der Waals surface area contributed by atoms with Crippen LogP contribution in [0.15, 0.2) is 27.6 Å². The van der Waals surface area contributed by atoms with Crippen LogP contribution in [0.3, 0.4) is 0 Å². The average molecular weight is 406 g/mol. The molecule has 1 rings (SSSR count). The van der Waals surface area contributed by atoms with Crippen LogP contribution in [0.2, 0.25) is 0 Å². The van der Waals surface area contributed by atoms with Crippen molar-refractivity contribution < 1.29 is 21.6 Å². The second-order valence-electron chi connectivity index (χ2n) is 4.03. The van der Waals surface area contributed by atoms with Gasteiger partial charge in [0.25, 0.3) is 9.05 Å². The Labute approximate surface area is 131 Å². The first-order chi connectivity index (χ1) is 9.15. The van der Waals surface area contributed by atoms with Gasteiger partial charge in [0.2, 0.25) is 0 Å². The summed E-state index contributed by atoms with van der Waals surface area (Å²) in [5.41, 5.74) is 0. The molecule has 0 heterocycles. The predicted octanol–water partition coefficient (Wildman–Crippen LogP) is 2.58. The molecule has 0 saturated carbocycles. The second kappa shape index (κ2) is 7.11. The van der Waals surface area contributed by atoms with Gasteiger partial charge in [-0.2, -0.15) is 0 Å². The lowest BCUT2D eigenvalue weighted by atomic mass is 10.3. The smallest absolute Gasteiger partial charge is 0.261 e. The van der Waals surface area contributed by atoms with E-state index in [1.807, 2.05) is 0 Å². The number of benzene rings is 1. The third kappa shape index (κ3) is 5.59. The van der Waals surface area contributed by atoms with E-state index in [9.17, 15) is 16.8 Å². The van der Waals surface area contributed by atoms with Gasteiger partial charge in [-0.25, -0.2) is 16.8 Å². The number of ether oxygens (including phenoxy) is 1. The van der Waals surface area contributed by atoms with E-state index in [0.29, 0.717) is 16.6 Å². The quantitative estimate of drug-likeness (QED) is 0.652. The lowest BCUT2D eigenvalue weighted by Gasteiger charge is -2.09. The molecule has 0 radical (unpaired) electrons. The summed E-state index contributed by atoms with van der Waals surface area (Å²) in [7, 11) is -1.69. The first-order valence-corrected chi connectivity index (χ1v) is 10.7. The summed E-state index contributed by atoms with van der Waals surface area (Å²) in [6, 6.07) is 4.02. The lowest BCUT2D eigenvalue weighted by molar-refractivity contribution is 0.338. The molecular weight excluding hydrogens is 392 g/mol. The second-order valence-corrected chi connectivity index (χ2v) is 9.75. The highest BCUT2D eigenvalue weighted by Gasteiger charge is 2.14. The fourth-order valence-corrected chi connectivity index (χ4v) is 4.03. The molecule has 0 amide bonds. The van der Waals surface area contributed by atoms with E-state index in [1.165, 1.54) is 18.2 Å². The Balaban J connectivity index is 2.71. The zero-order chi connectivity index (χ0) is 15.4. The number of rotatable bonds is 7. The van der Waals surface area contributed by atoms with E-state index >= 15 is 0 Å². The number of hydrogen-bond donors (Lipinski definition) is 0. The first kappa shape index (κ1) is 17.7. The molecule has 0 aliphatic carbocycles. The number of halogens is 2. The molecule has 9 heteroatoms. The van der Waals surface area contributed by atoms with Crippen molar-refractivity contribution in [3.05, 3.63) is 22.7 Å². The molecule has 0 N–H and O–H groups in total. The minimum atomic E-state index is -3.80. The summed E-state index contributed by atoms with van der Waals surface area (Å²) >= 11 is 3.15. The Morgan fingerprint density at radius 2 is 1.85 bits per heavy atom. The molecule has 0 saturated heterocycles. The molecule has 0 spiro atoms. The number of sulfone groups is 1. The van der Waals surface area contributed by atoms with Crippen molar-refractivity contribution in [2.75, 3.05) is 18.1 Å². The van der Waals surface area contributed by atoms with Crippen molar-refractivity contribution in [1.29, 1.82) is 0 Å². The van der Waals surface area contributed by atoms with Crippen molar-refractivity contribution in [3.8, 4) is 5.75 Å². The van der Waals surface area contributed by atoms with Crippen LogP contribution in [0, 0.1) is 0 Å². The van der Waals surface area contributed by atoms with Gasteiger partial charge in [-0.3, -0.25) is 0 Å². The topological polar surface area (TPSA) is 77.5 Å². The van der Waals surface area contributed by atoms with E-state index < -0.39 is 18.9 Å². The van der Waals surface area contributed by atoms with Crippen LogP contribution >= 0.6 is 26.6 Å². The van der Waals surface area contributed by atoms with Gasteiger partial charge in [0.05, 0.1) is 20.9 Å². The van der Waals surface area contributed by atoms with Crippen LogP contribution in [-0.4, -0.2) is 34.9 Å². The minimum Gasteiger partial charge on any atom is -0.491 e. The third-order valence-corrected chi connectivity index (χ3v) is 6.14. The highest BCUT2D eigenvalue weighted by molar-refractivity contribution is 9.10. The summed E-state index contributed by atoms with van der Waals surface area (Å²) in [4.78, 5) is -0.0583. The van der Waals surface area contributed by atoms with Crippen molar-refractivity contribution in [2.45, 2.75) is 18.2 Å². The Morgan fingerprint density at radius 3 is 2.35 bits per heavy atom. The van der Waals surface area contributed by atoms with Gasteiger partial charge >= 0.3 is 0 Å². The SMILES string of the molecule is CCCS(=O)(=O)CCOc1ccc(S(=O)(=O)Cl)cc1Br. The van der Waals surface area contributed by atoms with E-state index in [0.717, 1.165) is 0 Å². The molecule has 0 aliphatic heterocycles. The molecule has 0 aliphatic rings. The Kier molecular flexibility index (Phi) is 6.30. The number of hydrogen-bond acceptors (Lipinski definition) is 5. The van der Waals surface area contributed by atoms with Gasteiger partial charge in [-0.05, 0) is 40.5 Å². The van der Waals surface area contributed by atoms with Gasteiger partial charge in [0.15, 0.2) is 9.84 Å². The minimum absolute atomic E-state index is 0.00784. The fourth-order valence-electron chi connectivity index (χ4n) is 1.44. The summed E-state index contributed by atoms with van der Waals surface area (Å²) in [6.07, 6.45) is 0.564. The van der Waals surface area contributed by atoms with Gasteiger partial charge in [0, 0.05) is 10.7 Å². The molecule has 0 aromatic heterocycles. The molecule has 0 unspecified atom stereocenters. The van der Waals surface area contributed by atoms with Gasteiger partial charge in [0.1, 0.15) is 12.4 Å². The molecule has 20 heavy (non-hydrogen) atoms. The van der Waals surface area contributed by atoms with Crippen LogP contribution in [-0.2, 0) is 18.9 Å². The highest BCUT2D eigenvalue weighted by atomic mass is 79.9. The van der Waals surface area contributed by atoms with Gasteiger partial charge < -0.3 is 4.74 Å². The normalized spacial score (nSPS) is 12.3. The molecule has 1 aromatic carbocycles. The van der Waals surface area contributed by atoms with E-state index in [1.54, 1.807) is 6.92 Å². The zero-order valence-electron chi connectivity index (χ0n) is 10.7. The molecule has 1 aromatic rings. The van der Waals surface area contributed by atoms with Crippen LogP contribution in [0.1, 0.15) is 13.3 Å². The third-order valence-electron chi connectivity index (χ3n) is 2.35. The maximum atomic E-state index is 11.5. The molecule has 5 nitrogen and oxygen atoms in total. The van der Waals surface area contributed by atoms with E-state index in [2.05, 4.69) is 15.9 Å². The lowest BCUT2D eigenvalue weighted by Crippen LogP contribution is -2.16. The summed E-state index contributed by atoms with van der Waals surface area (Å²) in [5.74, 6) is 0.407. The zero-order valence-corrected chi connectivity index (χ0v) is 14.6. The van der Waals surface area contributed by atoms with E-state index in [4.69, 9.17) is 15.4 Å². The largest absolute Gasteiger partial charge is 0.491 e. The van der Waals surface area contributed by atoms with Gasteiger partial charge in [-0.1, -0.05) is 6.92 Å². The molecule has 0 fully saturated rings. The summed E-state index contributed by atoms with van der Waals surface area (Å²) in [5, 5.41) is 0. The predicted molar refractivity (Wildman–Crippen MR) is 81.6 cm³/mol.